The molecule has 0 saturated carbocycles. The summed E-state index contributed by atoms with van der Waals surface area (Å²) in [5.74, 6) is 0. The highest BCUT2D eigenvalue weighted by molar-refractivity contribution is 5.99. The fraction of sp³-hybridized carbons (Fsp3) is 0.0714. The molecule has 0 atom stereocenters. The topological polar surface area (TPSA) is 104 Å². The molecule has 21 heavy (non-hydrogen) atoms. The number of nitrogens with one attached hydrogen (secondary N) is 2. The lowest BCUT2D eigenvalue weighted by Crippen LogP contribution is -2.19. The van der Waals surface area contributed by atoms with E-state index in [0.717, 1.165) is 5.56 Å². The predicted molar refractivity (Wildman–Crippen MR) is 78.1 cm³/mol. The van der Waals surface area contributed by atoms with Crippen LogP contribution in [0.1, 0.15) is 5.56 Å². The van der Waals surface area contributed by atoms with Crippen LogP contribution in [0, 0.1) is 10.1 Å². The van der Waals surface area contributed by atoms with Crippen LogP contribution in [0.3, 0.4) is 0 Å². The van der Waals surface area contributed by atoms with Crippen molar-refractivity contribution in [3.63, 3.8) is 0 Å². The number of anilines is 2. The van der Waals surface area contributed by atoms with Gasteiger partial charge in [-0.2, -0.15) is 0 Å². The smallest absolute Gasteiger partial charge is 0.323 e. The van der Waals surface area contributed by atoms with E-state index in [9.17, 15) is 14.9 Å². The third kappa shape index (κ3) is 4.02. The Morgan fingerprint density at radius 2 is 1.48 bits per heavy atom. The van der Waals surface area contributed by atoms with E-state index < -0.39 is 11.0 Å². The largest absolute Gasteiger partial charge is 0.392 e. The quantitative estimate of drug-likeness (QED) is 0.594. The van der Waals surface area contributed by atoms with E-state index in [4.69, 9.17) is 5.11 Å². The Bertz CT molecular complexity index is 638. The lowest BCUT2D eigenvalue weighted by molar-refractivity contribution is -0.384. The SMILES string of the molecule is O=C(Nc1ccc(CO)cc1)Nc1ccc([N+](=O)[O-])cc1. The minimum Gasteiger partial charge on any atom is -0.392 e. The number of urea groups is 1. The number of non-ortho nitro benzene ring substituents is 1. The first-order valence-corrected chi connectivity index (χ1v) is 6.11. The summed E-state index contributed by atoms with van der Waals surface area (Å²) in [4.78, 5) is 21.8. The van der Waals surface area contributed by atoms with Gasteiger partial charge in [-0.15, -0.1) is 0 Å². The van der Waals surface area contributed by atoms with Gasteiger partial charge in [0, 0.05) is 23.5 Å². The molecule has 108 valence electrons. The highest BCUT2D eigenvalue weighted by Crippen LogP contribution is 2.16. The lowest BCUT2D eigenvalue weighted by atomic mass is 10.2. The highest BCUT2D eigenvalue weighted by atomic mass is 16.6. The zero-order chi connectivity index (χ0) is 15.2. The molecule has 0 unspecified atom stereocenters. The molecule has 0 aliphatic carbocycles. The fourth-order valence-corrected chi connectivity index (χ4v) is 1.65. The summed E-state index contributed by atoms with van der Waals surface area (Å²) in [6.07, 6.45) is 0. The third-order valence-electron chi connectivity index (χ3n) is 2.73. The second kappa shape index (κ2) is 6.49. The Labute approximate surface area is 120 Å². The van der Waals surface area contributed by atoms with Gasteiger partial charge in [0.25, 0.3) is 5.69 Å². The number of rotatable bonds is 4. The second-order valence-electron chi connectivity index (χ2n) is 4.24. The van der Waals surface area contributed by atoms with Crippen LogP contribution < -0.4 is 10.6 Å². The first-order chi connectivity index (χ1) is 10.1. The molecule has 2 rings (SSSR count). The van der Waals surface area contributed by atoms with Gasteiger partial charge in [-0.25, -0.2) is 4.79 Å². The van der Waals surface area contributed by atoms with Gasteiger partial charge in [-0.3, -0.25) is 10.1 Å². The molecule has 0 aliphatic heterocycles. The maximum atomic E-state index is 11.7. The normalized spacial score (nSPS) is 9.95. The molecule has 0 radical (unpaired) electrons. The summed E-state index contributed by atoms with van der Waals surface area (Å²) in [5, 5.41) is 24.6. The van der Waals surface area contributed by atoms with Crippen molar-refractivity contribution >= 4 is 23.1 Å². The first-order valence-electron chi connectivity index (χ1n) is 6.11. The average molecular weight is 287 g/mol. The average Bonchev–Trinajstić information content (AvgIpc) is 2.48. The number of carbonyl (C=O) groups is 1. The number of carbonyl (C=O) groups excluding carboxylic acids is 1. The molecule has 0 saturated heterocycles. The molecule has 2 aromatic rings. The van der Waals surface area contributed by atoms with E-state index in [1.807, 2.05) is 0 Å². The molecule has 7 nitrogen and oxygen atoms in total. The molecule has 2 amide bonds. The minimum atomic E-state index is -0.507. The van der Waals surface area contributed by atoms with Gasteiger partial charge in [-0.05, 0) is 29.8 Å². The highest BCUT2D eigenvalue weighted by Gasteiger charge is 2.06. The summed E-state index contributed by atoms with van der Waals surface area (Å²) in [6.45, 7) is -0.0602. The van der Waals surface area contributed by atoms with Crippen molar-refractivity contribution in [2.75, 3.05) is 10.6 Å². The van der Waals surface area contributed by atoms with E-state index in [1.54, 1.807) is 24.3 Å². The number of aliphatic hydroxyl groups excluding tert-OH is 1. The Kier molecular flexibility index (Phi) is 4.47. The number of hydrogen-bond donors (Lipinski definition) is 3. The molecule has 0 aromatic heterocycles. The van der Waals surface area contributed by atoms with Crippen LogP contribution in [0.5, 0.6) is 0 Å². The fourth-order valence-electron chi connectivity index (χ4n) is 1.65. The molecule has 2 aromatic carbocycles. The predicted octanol–water partition coefficient (Wildman–Crippen LogP) is 2.73. The van der Waals surface area contributed by atoms with Gasteiger partial charge in [0.1, 0.15) is 0 Å². The summed E-state index contributed by atoms with van der Waals surface area (Å²) in [6, 6.07) is 11.8. The van der Waals surface area contributed by atoms with Crippen molar-refractivity contribution in [1.29, 1.82) is 0 Å². The summed E-state index contributed by atoms with van der Waals surface area (Å²) >= 11 is 0. The Morgan fingerprint density at radius 1 is 1.00 bits per heavy atom. The van der Waals surface area contributed by atoms with Crippen LogP contribution in [-0.2, 0) is 6.61 Å². The molecule has 0 heterocycles. The Morgan fingerprint density at radius 3 is 1.90 bits per heavy atom. The molecule has 0 fully saturated rings. The Hall–Kier alpha value is -2.93. The monoisotopic (exact) mass is 287 g/mol. The molecule has 0 bridgehead atoms. The zero-order valence-corrected chi connectivity index (χ0v) is 10.9. The number of aliphatic hydroxyl groups is 1. The second-order valence-corrected chi connectivity index (χ2v) is 4.24. The Balaban J connectivity index is 1.95. The van der Waals surface area contributed by atoms with Gasteiger partial charge in [0.05, 0.1) is 11.5 Å². The van der Waals surface area contributed by atoms with Gasteiger partial charge in [0.15, 0.2) is 0 Å². The van der Waals surface area contributed by atoms with Crippen LogP contribution >= 0.6 is 0 Å². The van der Waals surface area contributed by atoms with Crippen LogP contribution in [0.2, 0.25) is 0 Å². The number of benzene rings is 2. The first kappa shape index (κ1) is 14.5. The van der Waals surface area contributed by atoms with E-state index in [1.165, 1.54) is 24.3 Å². The molecule has 0 spiro atoms. The summed E-state index contributed by atoms with van der Waals surface area (Å²) in [7, 11) is 0. The van der Waals surface area contributed by atoms with Crippen molar-refractivity contribution in [3.05, 3.63) is 64.2 Å². The number of nitro groups is 1. The number of nitrogens with zero attached hydrogens (tertiary/aromatic N) is 1. The molecule has 3 N–H and O–H groups in total. The number of hydrogen-bond acceptors (Lipinski definition) is 4. The van der Waals surface area contributed by atoms with Crippen LogP contribution in [0.25, 0.3) is 0 Å². The number of nitro benzene ring substituents is 1. The summed E-state index contributed by atoms with van der Waals surface area (Å²) in [5.41, 5.74) is 1.73. The van der Waals surface area contributed by atoms with Crippen LogP contribution in [-0.4, -0.2) is 16.1 Å². The van der Waals surface area contributed by atoms with Gasteiger partial charge in [0.2, 0.25) is 0 Å². The molecular formula is C14H13N3O4. The van der Waals surface area contributed by atoms with E-state index in [-0.39, 0.29) is 12.3 Å². The van der Waals surface area contributed by atoms with E-state index in [0.29, 0.717) is 11.4 Å². The van der Waals surface area contributed by atoms with Crippen molar-refractivity contribution in [1.82, 2.24) is 0 Å². The molecule has 7 heteroatoms. The van der Waals surface area contributed by atoms with Crippen LogP contribution in [0.4, 0.5) is 21.9 Å². The number of amides is 2. The van der Waals surface area contributed by atoms with Gasteiger partial charge in [-0.1, -0.05) is 12.1 Å². The van der Waals surface area contributed by atoms with E-state index >= 15 is 0 Å². The van der Waals surface area contributed by atoms with E-state index in [2.05, 4.69) is 10.6 Å². The zero-order valence-electron chi connectivity index (χ0n) is 10.9. The minimum absolute atomic E-state index is 0.0412. The third-order valence-corrected chi connectivity index (χ3v) is 2.73. The maximum Gasteiger partial charge on any atom is 0.323 e. The van der Waals surface area contributed by atoms with Crippen molar-refractivity contribution < 1.29 is 14.8 Å². The molecule has 0 aliphatic rings. The molecular weight excluding hydrogens is 274 g/mol. The maximum absolute atomic E-state index is 11.7. The summed E-state index contributed by atoms with van der Waals surface area (Å²) < 4.78 is 0. The van der Waals surface area contributed by atoms with Crippen molar-refractivity contribution in [3.8, 4) is 0 Å². The van der Waals surface area contributed by atoms with Crippen molar-refractivity contribution in [2.45, 2.75) is 6.61 Å². The van der Waals surface area contributed by atoms with Crippen LogP contribution in [0.15, 0.2) is 48.5 Å². The lowest BCUT2D eigenvalue weighted by Gasteiger charge is -2.08. The van der Waals surface area contributed by atoms with Gasteiger partial charge < -0.3 is 15.7 Å². The van der Waals surface area contributed by atoms with Crippen molar-refractivity contribution in [2.24, 2.45) is 0 Å². The standard InChI is InChI=1S/C14H13N3O4/c18-9-10-1-3-11(4-2-10)15-14(19)16-12-5-7-13(8-6-12)17(20)21/h1-8,18H,9H2,(H2,15,16,19). The van der Waals surface area contributed by atoms with Gasteiger partial charge >= 0.3 is 6.03 Å².